The second-order valence-corrected chi connectivity index (χ2v) is 8.59. The summed E-state index contributed by atoms with van der Waals surface area (Å²) in [5.41, 5.74) is 6.25. The van der Waals surface area contributed by atoms with Crippen LogP contribution in [0.2, 0.25) is 0 Å². The molecule has 1 aliphatic carbocycles. The highest BCUT2D eigenvalue weighted by Crippen LogP contribution is 2.40. The Morgan fingerprint density at radius 2 is 1.80 bits per heavy atom. The number of rotatable bonds is 6. The quantitative estimate of drug-likeness (QED) is 0.301. The molecule has 2 rings (SSSR count). The lowest BCUT2D eigenvalue weighted by Crippen LogP contribution is -2.19. The molecular formula is C27H35NO2. The van der Waals surface area contributed by atoms with Crippen molar-refractivity contribution in [2.75, 3.05) is 7.11 Å². The van der Waals surface area contributed by atoms with Crippen molar-refractivity contribution in [3.05, 3.63) is 83.0 Å². The highest BCUT2D eigenvalue weighted by molar-refractivity contribution is 5.90. The summed E-state index contributed by atoms with van der Waals surface area (Å²) >= 11 is 0. The van der Waals surface area contributed by atoms with E-state index in [0.29, 0.717) is 5.90 Å². The minimum absolute atomic E-state index is 0.220. The molecule has 0 spiro atoms. The van der Waals surface area contributed by atoms with Crippen LogP contribution in [0.5, 0.6) is 5.75 Å². The number of phenolic OH excluding ortho intramolecular Hbond substituents is 1. The van der Waals surface area contributed by atoms with Crippen molar-refractivity contribution < 1.29 is 9.84 Å². The van der Waals surface area contributed by atoms with Crippen molar-refractivity contribution >= 4 is 11.6 Å². The molecule has 160 valence electrons. The third kappa shape index (κ3) is 7.22. The van der Waals surface area contributed by atoms with Gasteiger partial charge in [-0.2, -0.15) is 0 Å². The maximum Gasteiger partial charge on any atom is 0.213 e. The van der Waals surface area contributed by atoms with Crippen LogP contribution < -0.4 is 0 Å². The number of allylic oxidation sites excluding steroid dienone is 9. The minimum atomic E-state index is 0.220. The summed E-state index contributed by atoms with van der Waals surface area (Å²) in [6.45, 7) is 11.1. The molecule has 0 saturated carbocycles. The maximum absolute atomic E-state index is 9.37. The van der Waals surface area contributed by atoms with Crippen molar-refractivity contribution in [2.45, 2.75) is 53.9 Å². The first kappa shape index (κ1) is 23.5. The van der Waals surface area contributed by atoms with Gasteiger partial charge in [0, 0.05) is 6.08 Å². The lowest BCUT2D eigenvalue weighted by Gasteiger charge is -2.32. The van der Waals surface area contributed by atoms with Gasteiger partial charge < -0.3 is 9.84 Å². The third-order valence-corrected chi connectivity index (χ3v) is 5.42. The van der Waals surface area contributed by atoms with E-state index in [1.54, 1.807) is 31.4 Å². The molecule has 3 heteroatoms. The fourth-order valence-corrected chi connectivity index (χ4v) is 3.67. The van der Waals surface area contributed by atoms with Crippen LogP contribution in [-0.4, -0.2) is 18.1 Å². The number of methoxy groups -OCH3 is 1. The lowest BCUT2D eigenvalue weighted by atomic mass is 9.72. The van der Waals surface area contributed by atoms with E-state index >= 15 is 0 Å². The number of benzene rings is 1. The largest absolute Gasteiger partial charge is 0.508 e. The zero-order valence-corrected chi connectivity index (χ0v) is 19.2. The molecule has 1 aromatic carbocycles. The Hall–Kier alpha value is -2.81. The summed E-state index contributed by atoms with van der Waals surface area (Å²) in [6, 6.07) is 6.71. The molecule has 0 radical (unpaired) electrons. The van der Waals surface area contributed by atoms with E-state index < -0.39 is 0 Å². The molecule has 0 saturated heterocycles. The van der Waals surface area contributed by atoms with Crippen LogP contribution in [0.1, 0.15) is 53.9 Å². The number of hydrogen-bond acceptors (Lipinski definition) is 3. The molecule has 0 aromatic heterocycles. The maximum atomic E-state index is 9.37. The van der Waals surface area contributed by atoms with Crippen LogP contribution in [-0.2, 0) is 4.74 Å². The third-order valence-electron chi connectivity index (χ3n) is 5.42. The predicted octanol–water partition coefficient (Wildman–Crippen LogP) is 7.60. The number of aliphatic imine (C=N–C) groups is 1. The van der Waals surface area contributed by atoms with Gasteiger partial charge in [0.05, 0.1) is 12.8 Å². The first-order valence-electron chi connectivity index (χ1n) is 10.5. The van der Waals surface area contributed by atoms with Gasteiger partial charge in [-0.1, -0.05) is 55.4 Å². The number of nitrogens with zero attached hydrogens (tertiary/aromatic N) is 1. The van der Waals surface area contributed by atoms with E-state index in [1.165, 1.54) is 36.0 Å². The number of ether oxygens (including phenoxy) is 1. The van der Waals surface area contributed by atoms with E-state index in [2.05, 4.69) is 50.9 Å². The molecule has 0 heterocycles. The Morgan fingerprint density at radius 3 is 2.43 bits per heavy atom. The molecule has 1 N–H and O–H groups in total. The van der Waals surface area contributed by atoms with Crippen LogP contribution in [0.15, 0.2) is 88.0 Å². The zero-order valence-electron chi connectivity index (χ0n) is 19.2. The molecule has 1 aliphatic rings. The van der Waals surface area contributed by atoms with Crippen LogP contribution in [0.4, 0.5) is 5.69 Å². The normalized spacial score (nSPS) is 18.5. The van der Waals surface area contributed by atoms with Gasteiger partial charge in [-0.05, 0) is 80.9 Å². The second-order valence-electron chi connectivity index (χ2n) is 8.59. The van der Waals surface area contributed by atoms with Crippen LogP contribution in [0.3, 0.4) is 0 Å². The summed E-state index contributed by atoms with van der Waals surface area (Å²) in [4.78, 5) is 4.44. The van der Waals surface area contributed by atoms with E-state index in [-0.39, 0.29) is 11.2 Å². The molecule has 30 heavy (non-hydrogen) atoms. The van der Waals surface area contributed by atoms with Crippen molar-refractivity contribution in [3.63, 3.8) is 0 Å². The van der Waals surface area contributed by atoms with E-state index in [9.17, 15) is 5.11 Å². The summed E-state index contributed by atoms with van der Waals surface area (Å²) in [7, 11) is 1.60. The molecule has 0 aliphatic heterocycles. The van der Waals surface area contributed by atoms with Crippen molar-refractivity contribution in [2.24, 2.45) is 10.4 Å². The van der Waals surface area contributed by atoms with Gasteiger partial charge in [0.15, 0.2) is 0 Å². The topological polar surface area (TPSA) is 41.8 Å². The van der Waals surface area contributed by atoms with Crippen molar-refractivity contribution in [3.8, 4) is 5.75 Å². The summed E-state index contributed by atoms with van der Waals surface area (Å²) in [6.07, 6.45) is 16.4. The average molecular weight is 406 g/mol. The molecule has 0 amide bonds. The SMILES string of the molecule is COC(/C=C(C)/C=C/C=C(C)/C=C/C1=C(C)CCCC1(C)C)=N\c1ccc(O)cc1. The summed E-state index contributed by atoms with van der Waals surface area (Å²) < 4.78 is 5.36. The van der Waals surface area contributed by atoms with E-state index in [1.807, 2.05) is 25.2 Å². The predicted molar refractivity (Wildman–Crippen MR) is 128 cm³/mol. The fraction of sp³-hybridized carbons (Fsp3) is 0.370. The van der Waals surface area contributed by atoms with Gasteiger partial charge in [0.25, 0.3) is 0 Å². The Balaban J connectivity index is 2.06. The monoisotopic (exact) mass is 405 g/mol. The van der Waals surface area contributed by atoms with Crippen molar-refractivity contribution in [1.29, 1.82) is 0 Å². The van der Waals surface area contributed by atoms with E-state index in [0.717, 1.165) is 11.3 Å². The van der Waals surface area contributed by atoms with Gasteiger partial charge >= 0.3 is 0 Å². The molecule has 0 unspecified atom stereocenters. The van der Waals surface area contributed by atoms with Crippen LogP contribution in [0.25, 0.3) is 0 Å². The number of hydrogen-bond donors (Lipinski definition) is 1. The standard InChI is InChI=1S/C27H35NO2/c1-20(12-17-25-22(3)11-8-18-27(25,4)5)9-7-10-21(2)19-26(30-6)28-23-13-15-24(29)16-14-23/h7,9-10,12-17,19,29H,8,11,18H2,1-6H3/b10-7+,17-12+,20-9+,21-19+,28-26-. The second kappa shape index (κ2) is 10.8. The van der Waals surface area contributed by atoms with E-state index in [4.69, 9.17) is 4.74 Å². The molecule has 3 nitrogen and oxygen atoms in total. The summed E-state index contributed by atoms with van der Waals surface area (Å²) in [5.74, 6) is 0.739. The smallest absolute Gasteiger partial charge is 0.213 e. The molecule has 0 atom stereocenters. The average Bonchev–Trinajstić information content (AvgIpc) is 2.68. The molecular weight excluding hydrogens is 370 g/mol. The van der Waals surface area contributed by atoms with Gasteiger partial charge in [-0.3, -0.25) is 0 Å². The Morgan fingerprint density at radius 1 is 1.10 bits per heavy atom. The highest BCUT2D eigenvalue weighted by atomic mass is 16.5. The first-order chi connectivity index (χ1) is 14.2. The van der Waals surface area contributed by atoms with Gasteiger partial charge in [0.1, 0.15) is 5.75 Å². The van der Waals surface area contributed by atoms with Gasteiger partial charge in [0.2, 0.25) is 5.90 Å². The lowest BCUT2D eigenvalue weighted by molar-refractivity contribution is 0.377. The molecule has 0 bridgehead atoms. The molecule has 1 aromatic rings. The Kier molecular flexibility index (Phi) is 8.46. The minimum Gasteiger partial charge on any atom is -0.508 e. The number of aromatic hydroxyl groups is 1. The fourth-order valence-electron chi connectivity index (χ4n) is 3.67. The summed E-state index contributed by atoms with van der Waals surface area (Å²) in [5, 5.41) is 9.37. The highest BCUT2D eigenvalue weighted by Gasteiger charge is 2.26. The molecule has 0 fully saturated rings. The van der Waals surface area contributed by atoms with Crippen LogP contribution >= 0.6 is 0 Å². The number of phenols is 1. The first-order valence-corrected chi connectivity index (χ1v) is 10.5. The van der Waals surface area contributed by atoms with Gasteiger partial charge in [-0.25, -0.2) is 4.99 Å². The Bertz CT molecular complexity index is 907. The zero-order chi connectivity index (χ0) is 22.1. The Labute approximate surface area is 181 Å². The van der Waals surface area contributed by atoms with Gasteiger partial charge in [-0.15, -0.1) is 0 Å². The van der Waals surface area contributed by atoms with Crippen molar-refractivity contribution in [1.82, 2.24) is 0 Å². The van der Waals surface area contributed by atoms with Crippen LogP contribution in [0, 0.1) is 5.41 Å².